The Kier molecular flexibility index (Phi) is 2.13. The van der Waals surface area contributed by atoms with Gasteiger partial charge in [0.05, 0.1) is 5.76 Å². The van der Waals surface area contributed by atoms with Gasteiger partial charge >= 0.3 is 0 Å². The quantitative estimate of drug-likeness (QED) is 0.289. The molecule has 0 radical (unpaired) electrons. The number of carbonyl (C=O) groups is 1. The van der Waals surface area contributed by atoms with Crippen molar-refractivity contribution >= 4 is 6.29 Å². The van der Waals surface area contributed by atoms with Crippen molar-refractivity contribution in [2.24, 2.45) is 0 Å². The molecule has 0 unspecified atom stereocenters. The summed E-state index contributed by atoms with van der Waals surface area (Å²) in [6, 6.07) is 0. The molecule has 2 nitrogen and oxygen atoms in total. The van der Waals surface area contributed by atoms with Gasteiger partial charge in [-0.1, -0.05) is 0 Å². The Labute approximate surface area is 36.1 Å². The Morgan fingerprint density at radius 3 is 2.33 bits per heavy atom. The zero-order valence-electron chi connectivity index (χ0n) is 3.51. The summed E-state index contributed by atoms with van der Waals surface area (Å²) in [5.74, 6) is 0.0463. The minimum absolute atomic E-state index is 0.0463. The van der Waals surface area contributed by atoms with Gasteiger partial charge < -0.3 is 5.11 Å². The zero-order chi connectivity index (χ0) is 4.99. The fraction of sp³-hybridized carbons (Fsp3) is 0.250. The first-order chi connectivity index (χ1) is 2.77. The lowest BCUT2D eigenvalue weighted by molar-refractivity contribution is -0.104. The highest BCUT2D eigenvalue weighted by Gasteiger charge is 1.69. The maximum Gasteiger partial charge on any atom is 0.146 e. The second kappa shape index (κ2) is 2.45. The molecule has 2 heteroatoms. The smallest absolute Gasteiger partial charge is 0.146 e. The Hall–Kier alpha value is -0.790. The first kappa shape index (κ1) is 5.21. The van der Waals surface area contributed by atoms with Gasteiger partial charge in [0.25, 0.3) is 0 Å². The van der Waals surface area contributed by atoms with Crippen LogP contribution in [0.5, 0.6) is 0 Å². The lowest BCUT2D eigenvalue weighted by Gasteiger charge is -1.74. The number of allylic oxidation sites excluding steroid dienone is 2. The molecule has 0 saturated carbocycles. The van der Waals surface area contributed by atoms with Gasteiger partial charge in [-0.2, -0.15) is 0 Å². The van der Waals surface area contributed by atoms with E-state index in [0.29, 0.717) is 6.29 Å². The van der Waals surface area contributed by atoms with E-state index in [9.17, 15) is 4.79 Å². The molecule has 6 heavy (non-hydrogen) atoms. The van der Waals surface area contributed by atoms with E-state index in [1.807, 2.05) is 0 Å². The summed E-state index contributed by atoms with van der Waals surface area (Å²) >= 11 is 0. The van der Waals surface area contributed by atoms with Crippen molar-refractivity contribution in [3.63, 3.8) is 0 Å². The van der Waals surface area contributed by atoms with Crippen LogP contribution in [0.2, 0.25) is 0 Å². The first-order valence-electron chi connectivity index (χ1n) is 1.58. The van der Waals surface area contributed by atoms with Gasteiger partial charge in [0.2, 0.25) is 0 Å². The summed E-state index contributed by atoms with van der Waals surface area (Å²) in [6.45, 7) is 1.44. The summed E-state index contributed by atoms with van der Waals surface area (Å²) in [5, 5.41) is 8.18. The fourth-order valence-corrected chi connectivity index (χ4v) is 0.0985. The van der Waals surface area contributed by atoms with Crippen molar-refractivity contribution < 1.29 is 9.90 Å². The van der Waals surface area contributed by atoms with Gasteiger partial charge in [0, 0.05) is 6.08 Å². The Balaban J connectivity index is 3.41. The third-order valence-electron chi connectivity index (χ3n) is 0.309. The number of hydrogen-bond donors (Lipinski definition) is 1. The average Bonchev–Trinajstić information content (AvgIpc) is 1.35. The number of rotatable bonds is 1. The van der Waals surface area contributed by atoms with Gasteiger partial charge in [-0.05, 0) is 6.92 Å². The van der Waals surface area contributed by atoms with Crippen molar-refractivity contribution in [1.29, 1.82) is 0 Å². The molecule has 0 heterocycles. The highest BCUT2D eigenvalue weighted by atomic mass is 16.3. The van der Waals surface area contributed by atoms with Crippen LogP contribution in [0.15, 0.2) is 11.8 Å². The van der Waals surface area contributed by atoms with Gasteiger partial charge in [-0.15, -0.1) is 0 Å². The predicted molar refractivity (Wildman–Crippen MR) is 22.4 cm³/mol. The van der Waals surface area contributed by atoms with Crippen LogP contribution in [-0.2, 0) is 4.79 Å². The van der Waals surface area contributed by atoms with Gasteiger partial charge in [-0.3, -0.25) is 4.79 Å². The Morgan fingerprint density at radius 1 is 1.83 bits per heavy atom. The number of aldehydes is 1. The van der Waals surface area contributed by atoms with Crippen molar-refractivity contribution in [1.82, 2.24) is 0 Å². The summed E-state index contributed by atoms with van der Waals surface area (Å²) in [7, 11) is 0. The highest BCUT2D eigenvalue weighted by Crippen LogP contribution is 1.75. The standard InChI is InChI=1S/C4H6O2/c1-4(6)2-3-5/h2-3,6H,1H3. The summed E-state index contributed by atoms with van der Waals surface area (Å²) in [5.41, 5.74) is 0. The molecule has 0 aromatic heterocycles. The molecular weight excluding hydrogens is 80.0 g/mol. The normalized spacial score (nSPS) is 11.2. The van der Waals surface area contributed by atoms with E-state index >= 15 is 0 Å². The molecule has 0 aliphatic heterocycles. The van der Waals surface area contributed by atoms with Crippen LogP contribution in [0.4, 0.5) is 0 Å². The maximum atomic E-state index is 9.38. The molecule has 1 N–H and O–H groups in total. The molecule has 0 aliphatic rings. The van der Waals surface area contributed by atoms with E-state index in [4.69, 9.17) is 5.11 Å². The first-order valence-corrected chi connectivity index (χ1v) is 1.58. The molecule has 0 aromatic rings. The Bertz CT molecular complexity index is 69.6. The summed E-state index contributed by atoms with van der Waals surface area (Å²) in [6.07, 6.45) is 1.62. The number of carbonyl (C=O) groups excluding carboxylic acids is 1. The molecule has 0 aliphatic carbocycles. The van der Waals surface area contributed by atoms with Crippen molar-refractivity contribution in [3.05, 3.63) is 11.8 Å². The predicted octanol–water partition coefficient (Wildman–Crippen LogP) is 0.647. The molecule has 0 spiro atoms. The van der Waals surface area contributed by atoms with E-state index in [2.05, 4.69) is 0 Å². The molecule has 0 saturated heterocycles. The van der Waals surface area contributed by atoms with E-state index in [0.717, 1.165) is 6.08 Å². The van der Waals surface area contributed by atoms with Crippen LogP contribution < -0.4 is 0 Å². The molecule has 0 atom stereocenters. The van der Waals surface area contributed by atoms with Crippen LogP contribution in [0, 0.1) is 0 Å². The minimum atomic E-state index is 0.0463. The largest absolute Gasteiger partial charge is 0.512 e. The monoisotopic (exact) mass is 86.0 g/mol. The summed E-state index contributed by atoms with van der Waals surface area (Å²) in [4.78, 5) is 9.38. The molecule has 0 fully saturated rings. The fourth-order valence-electron chi connectivity index (χ4n) is 0.0985. The Morgan fingerprint density at radius 2 is 2.33 bits per heavy atom. The molecule has 34 valence electrons. The summed E-state index contributed by atoms with van der Waals surface area (Å²) < 4.78 is 0. The van der Waals surface area contributed by atoms with Crippen molar-refractivity contribution in [2.75, 3.05) is 0 Å². The van der Waals surface area contributed by atoms with Crippen LogP contribution in [-0.4, -0.2) is 11.4 Å². The second-order valence-corrected chi connectivity index (χ2v) is 0.944. The van der Waals surface area contributed by atoms with Crippen LogP contribution in [0.3, 0.4) is 0 Å². The molecule has 0 aromatic carbocycles. The lowest BCUT2D eigenvalue weighted by Crippen LogP contribution is -1.67. The minimum Gasteiger partial charge on any atom is -0.512 e. The van der Waals surface area contributed by atoms with E-state index < -0.39 is 0 Å². The molecule has 0 rings (SSSR count). The SMILES string of the molecule is CC(O)=CC=O. The average molecular weight is 86.1 g/mol. The maximum absolute atomic E-state index is 9.38. The van der Waals surface area contributed by atoms with Gasteiger partial charge in [-0.25, -0.2) is 0 Å². The van der Waals surface area contributed by atoms with Gasteiger partial charge in [0.15, 0.2) is 0 Å². The lowest BCUT2D eigenvalue weighted by atomic mass is 10.5. The highest BCUT2D eigenvalue weighted by molar-refractivity contribution is 5.65. The van der Waals surface area contributed by atoms with E-state index in [1.165, 1.54) is 6.92 Å². The zero-order valence-corrected chi connectivity index (χ0v) is 3.51. The third-order valence-corrected chi connectivity index (χ3v) is 0.309. The van der Waals surface area contributed by atoms with Gasteiger partial charge in [0.1, 0.15) is 6.29 Å². The van der Waals surface area contributed by atoms with Crippen molar-refractivity contribution in [3.8, 4) is 0 Å². The molecule has 0 bridgehead atoms. The number of aliphatic hydroxyl groups is 1. The topological polar surface area (TPSA) is 37.3 Å². The number of aliphatic hydroxyl groups excluding tert-OH is 1. The second-order valence-electron chi connectivity index (χ2n) is 0.944. The third kappa shape index (κ3) is 3.21. The van der Waals surface area contributed by atoms with Crippen LogP contribution in [0.25, 0.3) is 0 Å². The van der Waals surface area contributed by atoms with Crippen LogP contribution in [0.1, 0.15) is 6.92 Å². The molecular formula is C4H6O2. The van der Waals surface area contributed by atoms with Crippen LogP contribution >= 0.6 is 0 Å². The van der Waals surface area contributed by atoms with E-state index in [-0.39, 0.29) is 5.76 Å². The molecule has 0 amide bonds. The number of hydrogen-bond acceptors (Lipinski definition) is 2. The van der Waals surface area contributed by atoms with E-state index in [1.54, 1.807) is 0 Å². The van der Waals surface area contributed by atoms with Crippen molar-refractivity contribution in [2.45, 2.75) is 6.92 Å².